The molecular formula is C12H18N2O4Si. The van der Waals surface area contributed by atoms with Crippen LogP contribution >= 0.6 is 0 Å². The van der Waals surface area contributed by atoms with Crippen molar-refractivity contribution >= 4 is 31.3 Å². The number of carbonyl (C=O) groups is 3. The Morgan fingerprint density at radius 2 is 2.00 bits per heavy atom. The third-order valence-electron chi connectivity index (χ3n) is 3.35. The lowest BCUT2D eigenvalue weighted by atomic mass is 9.75. The number of carbonyl (C=O) groups excluding carboxylic acids is 2. The molecule has 0 aromatic carbocycles. The minimum absolute atomic E-state index is 0.267. The van der Waals surface area contributed by atoms with E-state index < -0.39 is 43.2 Å². The third-order valence-corrected chi connectivity index (χ3v) is 5.14. The normalized spacial score (nSPS) is 24.3. The van der Waals surface area contributed by atoms with E-state index in [0.29, 0.717) is 6.42 Å². The Morgan fingerprint density at radius 3 is 2.42 bits per heavy atom. The molecule has 0 amide bonds. The van der Waals surface area contributed by atoms with E-state index in [1.54, 1.807) is 0 Å². The van der Waals surface area contributed by atoms with Crippen molar-refractivity contribution in [1.82, 2.24) is 0 Å². The Kier molecular flexibility index (Phi) is 4.55. The zero-order valence-electron chi connectivity index (χ0n) is 11.3. The largest absolute Gasteiger partial charge is 0.481 e. The van der Waals surface area contributed by atoms with Crippen LogP contribution in [0, 0.1) is 11.8 Å². The van der Waals surface area contributed by atoms with Gasteiger partial charge in [0.15, 0.2) is 0 Å². The Bertz CT molecular complexity index is 475. The van der Waals surface area contributed by atoms with Gasteiger partial charge in [0.05, 0.1) is 5.92 Å². The molecule has 2 atom stereocenters. The second kappa shape index (κ2) is 5.58. The lowest BCUT2D eigenvalue weighted by molar-refractivity contribution is -0.150. The molecule has 1 N–H and O–H groups in total. The highest BCUT2D eigenvalue weighted by Gasteiger charge is 2.48. The molecule has 0 bridgehead atoms. The molecular weight excluding hydrogens is 264 g/mol. The van der Waals surface area contributed by atoms with E-state index in [0.717, 1.165) is 6.04 Å². The minimum Gasteiger partial charge on any atom is -0.481 e. The van der Waals surface area contributed by atoms with Crippen molar-refractivity contribution in [2.45, 2.75) is 38.5 Å². The van der Waals surface area contributed by atoms with Crippen molar-refractivity contribution in [1.29, 1.82) is 0 Å². The highest BCUT2D eigenvalue weighted by molar-refractivity contribution is 6.76. The Morgan fingerprint density at radius 1 is 1.42 bits per heavy atom. The molecule has 19 heavy (non-hydrogen) atoms. The van der Waals surface area contributed by atoms with Crippen LogP contribution in [-0.2, 0) is 14.4 Å². The summed E-state index contributed by atoms with van der Waals surface area (Å²) >= 11 is 0. The zero-order valence-corrected chi connectivity index (χ0v) is 12.3. The average molecular weight is 282 g/mol. The molecule has 1 aliphatic rings. The monoisotopic (exact) mass is 282 g/mol. The fourth-order valence-corrected chi connectivity index (χ4v) is 3.40. The van der Waals surface area contributed by atoms with Gasteiger partial charge in [-0.25, -0.2) is 0 Å². The maximum Gasteiger partial charge on any atom is 0.400 e. The molecule has 1 rings (SSSR count). The van der Waals surface area contributed by atoms with E-state index in [-0.39, 0.29) is 6.42 Å². The van der Waals surface area contributed by atoms with Crippen molar-refractivity contribution < 1.29 is 24.3 Å². The second-order valence-electron chi connectivity index (χ2n) is 6.09. The number of rotatable bonds is 4. The highest BCUT2D eigenvalue weighted by atomic mass is 28.3. The van der Waals surface area contributed by atoms with Gasteiger partial charge in [0.1, 0.15) is 0 Å². The van der Waals surface area contributed by atoms with Crippen LogP contribution in [0.15, 0.2) is 0 Å². The molecule has 6 nitrogen and oxygen atoms in total. The van der Waals surface area contributed by atoms with Crippen molar-refractivity contribution in [3.05, 3.63) is 5.53 Å². The first-order valence-corrected chi connectivity index (χ1v) is 9.90. The van der Waals surface area contributed by atoms with Crippen LogP contribution in [0.1, 0.15) is 12.8 Å². The predicted octanol–water partition coefficient (Wildman–Crippen LogP) is 1.24. The number of carboxylic acid groups (broad SMARTS) is 1. The van der Waals surface area contributed by atoms with E-state index in [1.165, 1.54) is 0 Å². The van der Waals surface area contributed by atoms with Crippen LogP contribution in [0.2, 0.25) is 25.7 Å². The summed E-state index contributed by atoms with van der Waals surface area (Å²) in [4.78, 5) is 37.5. The molecule has 1 aliphatic carbocycles. The van der Waals surface area contributed by atoms with Crippen LogP contribution in [0.5, 0.6) is 0 Å². The number of hydrogen-bond donors (Lipinski definition) is 1. The topological polar surface area (TPSA) is 108 Å². The number of carboxylic acids is 1. The predicted molar refractivity (Wildman–Crippen MR) is 70.6 cm³/mol. The van der Waals surface area contributed by atoms with E-state index in [2.05, 4.69) is 24.4 Å². The molecule has 0 radical (unpaired) electrons. The van der Waals surface area contributed by atoms with Crippen LogP contribution in [-0.4, -0.2) is 41.2 Å². The van der Waals surface area contributed by atoms with Crippen LogP contribution in [0.3, 0.4) is 0 Å². The number of Topliss-reactive ketones (excluding diaryl/α,β-unsaturated/α-hetero) is 2. The molecule has 1 saturated carbocycles. The summed E-state index contributed by atoms with van der Waals surface area (Å²) in [6.45, 7) is 6.38. The molecule has 0 aromatic rings. The van der Waals surface area contributed by atoms with Crippen LogP contribution in [0.4, 0.5) is 0 Å². The van der Waals surface area contributed by atoms with Gasteiger partial charge in [0.25, 0.3) is 5.78 Å². The second-order valence-corrected chi connectivity index (χ2v) is 11.7. The van der Waals surface area contributed by atoms with Gasteiger partial charge in [-0.15, -0.1) is 0 Å². The average Bonchev–Trinajstić information content (AvgIpc) is 2.26. The molecule has 0 spiro atoms. The number of nitrogens with zero attached hydrogens (tertiary/aromatic N) is 2. The van der Waals surface area contributed by atoms with E-state index in [1.807, 2.05) is 0 Å². The molecule has 7 heteroatoms. The van der Waals surface area contributed by atoms with Gasteiger partial charge in [-0.05, 0) is 6.42 Å². The summed E-state index contributed by atoms with van der Waals surface area (Å²) < 4.78 is 0. The van der Waals surface area contributed by atoms with E-state index in [4.69, 9.17) is 10.6 Å². The lowest BCUT2D eigenvalue weighted by Gasteiger charge is -2.26. The Balaban J connectivity index is 3.00. The van der Waals surface area contributed by atoms with E-state index >= 15 is 0 Å². The summed E-state index contributed by atoms with van der Waals surface area (Å²) in [6, 6.07) is 0.792. The number of ketones is 2. The molecule has 0 heterocycles. The maximum absolute atomic E-state index is 12.0. The first-order chi connectivity index (χ1) is 8.67. The van der Waals surface area contributed by atoms with Crippen LogP contribution < -0.4 is 0 Å². The summed E-state index contributed by atoms with van der Waals surface area (Å²) in [5.41, 5.74) is 8.21. The fraction of sp³-hybridized carbons (Fsp3) is 0.667. The maximum atomic E-state index is 12.0. The van der Waals surface area contributed by atoms with Gasteiger partial charge in [0.2, 0.25) is 5.78 Å². The van der Waals surface area contributed by atoms with Crippen LogP contribution in [0.25, 0.3) is 5.53 Å². The zero-order chi connectivity index (χ0) is 14.8. The third kappa shape index (κ3) is 3.68. The summed E-state index contributed by atoms with van der Waals surface area (Å²) in [6.07, 6.45) is 0.161. The Hall–Kier alpha value is -1.59. The van der Waals surface area contributed by atoms with E-state index in [9.17, 15) is 14.4 Å². The van der Waals surface area contributed by atoms with Gasteiger partial charge in [0, 0.05) is 20.4 Å². The SMILES string of the molecule is C[Si](C)(C)CCC1C(=O)C(=[N+]=[N-])C(=O)CC1C(=O)O. The van der Waals surface area contributed by atoms with Gasteiger partial charge in [-0.3, -0.25) is 14.4 Å². The molecule has 0 aromatic heterocycles. The van der Waals surface area contributed by atoms with Crippen molar-refractivity contribution in [3.8, 4) is 0 Å². The fourth-order valence-electron chi connectivity index (χ4n) is 2.22. The number of hydrogen-bond acceptors (Lipinski definition) is 3. The molecule has 1 fully saturated rings. The van der Waals surface area contributed by atoms with Gasteiger partial charge < -0.3 is 10.6 Å². The minimum atomic E-state index is -1.42. The highest BCUT2D eigenvalue weighted by Crippen LogP contribution is 2.30. The first kappa shape index (κ1) is 15.5. The standard InChI is InChI=1S/C12H18N2O4Si/c1-19(2,3)5-4-7-8(12(17)18)6-9(15)10(14-13)11(7)16/h7-8H,4-6H2,1-3H3,(H,17,18). The van der Waals surface area contributed by atoms with Gasteiger partial charge in [-0.2, -0.15) is 4.79 Å². The summed E-state index contributed by atoms with van der Waals surface area (Å²) in [5, 5.41) is 9.14. The van der Waals surface area contributed by atoms with Crippen molar-refractivity contribution in [2.24, 2.45) is 11.8 Å². The van der Waals surface area contributed by atoms with Crippen molar-refractivity contribution in [3.63, 3.8) is 0 Å². The quantitative estimate of drug-likeness (QED) is 0.475. The first-order valence-electron chi connectivity index (χ1n) is 6.19. The smallest absolute Gasteiger partial charge is 0.400 e. The summed E-state index contributed by atoms with van der Waals surface area (Å²) in [5.74, 6) is -4.22. The number of aliphatic carboxylic acids is 1. The molecule has 0 saturated heterocycles. The molecule has 0 aliphatic heterocycles. The molecule has 2 unspecified atom stereocenters. The Labute approximate surface area is 112 Å². The summed E-state index contributed by atoms with van der Waals surface area (Å²) in [7, 11) is -1.42. The molecule has 104 valence electrons. The lowest BCUT2D eigenvalue weighted by Crippen LogP contribution is -2.45. The van der Waals surface area contributed by atoms with Crippen molar-refractivity contribution in [2.75, 3.05) is 0 Å². The van der Waals surface area contributed by atoms with Gasteiger partial charge >= 0.3 is 11.7 Å². The van der Waals surface area contributed by atoms with Gasteiger partial charge in [-0.1, -0.05) is 25.7 Å².